The number of hydrogen-bond donors (Lipinski definition) is 12. The number of amides is 1. The number of unbranched alkanes of at least 4 members (excludes halogenated alkanes) is 13. The Bertz CT molecular complexity index is 1420. The maximum Gasteiger partial charge on any atom is 0.220 e. The topological polar surface area (TPSA) is 307 Å². The number of carbonyl (C=O) groups is 1. The fourth-order valence-corrected chi connectivity index (χ4v) is 8.61. The number of ether oxygens (including phenoxy) is 6. The van der Waals surface area contributed by atoms with E-state index in [0.717, 1.165) is 83.5 Å². The zero-order valence-corrected chi connectivity index (χ0v) is 41.0. The smallest absolute Gasteiger partial charge is 0.220 e. The van der Waals surface area contributed by atoms with Gasteiger partial charge in [0.1, 0.15) is 73.2 Å². The fraction of sp³-hybridized carbons (Fsp3) is 0.860. The Balaban J connectivity index is 1.48. The molecule has 3 saturated heterocycles. The molecule has 1 amide bonds. The minimum absolute atomic E-state index is 0.249. The van der Waals surface area contributed by atoms with Crippen molar-refractivity contribution < 1.29 is 89.4 Å². The average Bonchev–Trinajstić information content (AvgIpc) is 3.34. The van der Waals surface area contributed by atoms with Gasteiger partial charge in [0.2, 0.25) is 5.91 Å². The van der Waals surface area contributed by atoms with E-state index in [-0.39, 0.29) is 18.9 Å². The van der Waals surface area contributed by atoms with Crippen LogP contribution in [-0.2, 0) is 33.2 Å². The van der Waals surface area contributed by atoms with Crippen LogP contribution in [0.5, 0.6) is 0 Å². The number of rotatable bonds is 35. The van der Waals surface area contributed by atoms with Crippen molar-refractivity contribution in [2.45, 2.75) is 247 Å². The molecule has 0 saturated carbocycles. The van der Waals surface area contributed by atoms with Crippen molar-refractivity contribution in [2.24, 2.45) is 0 Å². The zero-order chi connectivity index (χ0) is 50.6. The molecule has 3 fully saturated rings. The van der Waals surface area contributed by atoms with Crippen LogP contribution < -0.4 is 5.32 Å². The first-order valence-corrected chi connectivity index (χ1v) is 25.7. The summed E-state index contributed by atoms with van der Waals surface area (Å²) < 4.78 is 34.0. The van der Waals surface area contributed by atoms with E-state index in [2.05, 4.69) is 55.6 Å². The highest BCUT2D eigenvalue weighted by molar-refractivity contribution is 5.76. The Morgan fingerprint density at radius 2 is 0.957 bits per heavy atom. The third-order valence-corrected chi connectivity index (χ3v) is 13.0. The lowest BCUT2D eigenvalue weighted by atomic mass is 9.96. The largest absolute Gasteiger partial charge is 0.394 e. The average molecular weight is 992 g/mol. The van der Waals surface area contributed by atoms with Gasteiger partial charge in [0.15, 0.2) is 18.9 Å². The van der Waals surface area contributed by atoms with Crippen molar-refractivity contribution in [1.29, 1.82) is 0 Å². The van der Waals surface area contributed by atoms with Gasteiger partial charge in [0.05, 0.1) is 38.6 Å². The van der Waals surface area contributed by atoms with Crippen molar-refractivity contribution in [3.63, 3.8) is 0 Å². The van der Waals surface area contributed by atoms with Crippen LogP contribution >= 0.6 is 0 Å². The Kier molecular flexibility index (Phi) is 31.3. The summed E-state index contributed by atoms with van der Waals surface area (Å²) in [5, 5.41) is 119. The van der Waals surface area contributed by atoms with Crippen LogP contribution in [-0.4, -0.2) is 193 Å². The maximum absolute atomic E-state index is 13.1. The van der Waals surface area contributed by atoms with E-state index in [1.54, 1.807) is 0 Å². The van der Waals surface area contributed by atoms with Crippen molar-refractivity contribution in [2.75, 3.05) is 26.4 Å². The highest BCUT2D eigenvalue weighted by atomic mass is 16.8. The molecule has 0 aromatic heterocycles. The first-order chi connectivity index (χ1) is 33.3. The van der Waals surface area contributed by atoms with Gasteiger partial charge < -0.3 is 89.9 Å². The van der Waals surface area contributed by atoms with Gasteiger partial charge in [-0.05, 0) is 51.4 Å². The van der Waals surface area contributed by atoms with Gasteiger partial charge in [-0.3, -0.25) is 4.79 Å². The van der Waals surface area contributed by atoms with Crippen molar-refractivity contribution in [3.05, 3.63) is 36.5 Å². The third kappa shape index (κ3) is 21.2. The lowest BCUT2D eigenvalue weighted by Crippen LogP contribution is -2.66. The van der Waals surface area contributed by atoms with Crippen LogP contribution in [0.1, 0.15) is 142 Å². The summed E-state index contributed by atoms with van der Waals surface area (Å²) >= 11 is 0. The first-order valence-electron chi connectivity index (χ1n) is 25.7. The predicted molar refractivity (Wildman–Crippen MR) is 254 cm³/mol. The van der Waals surface area contributed by atoms with Gasteiger partial charge in [-0.25, -0.2) is 0 Å². The summed E-state index contributed by atoms with van der Waals surface area (Å²) in [5.74, 6) is -0.266. The zero-order valence-electron chi connectivity index (χ0n) is 41.0. The molecular formula is C50H89NO18. The van der Waals surface area contributed by atoms with Gasteiger partial charge in [-0.2, -0.15) is 0 Å². The number of aliphatic hydroxyl groups excluding tert-OH is 11. The molecule has 69 heavy (non-hydrogen) atoms. The molecule has 0 aromatic carbocycles. The van der Waals surface area contributed by atoms with Crippen LogP contribution in [0, 0.1) is 0 Å². The lowest BCUT2D eigenvalue weighted by Gasteiger charge is -2.48. The van der Waals surface area contributed by atoms with Crippen LogP contribution in [0.2, 0.25) is 0 Å². The number of hydrogen-bond acceptors (Lipinski definition) is 18. The molecule has 3 aliphatic rings. The van der Waals surface area contributed by atoms with E-state index < -0.39 is 124 Å². The maximum atomic E-state index is 13.1. The van der Waals surface area contributed by atoms with Gasteiger partial charge >= 0.3 is 0 Å². The van der Waals surface area contributed by atoms with Crippen molar-refractivity contribution in [1.82, 2.24) is 5.32 Å². The van der Waals surface area contributed by atoms with Crippen LogP contribution in [0.25, 0.3) is 0 Å². The Morgan fingerprint density at radius 1 is 0.522 bits per heavy atom. The molecule has 3 heterocycles. The van der Waals surface area contributed by atoms with Gasteiger partial charge in [0.25, 0.3) is 0 Å². The molecule has 19 heteroatoms. The lowest BCUT2D eigenvalue weighted by molar-refractivity contribution is -0.379. The Labute approximate surface area is 409 Å². The molecule has 402 valence electrons. The quantitative estimate of drug-likeness (QED) is 0.0318. The molecular weight excluding hydrogens is 903 g/mol. The monoisotopic (exact) mass is 992 g/mol. The van der Waals surface area contributed by atoms with Crippen LogP contribution in [0.15, 0.2) is 36.5 Å². The molecule has 0 radical (unpaired) electrons. The third-order valence-electron chi connectivity index (χ3n) is 13.0. The highest BCUT2D eigenvalue weighted by Gasteiger charge is 2.53. The summed E-state index contributed by atoms with van der Waals surface area (Å²) in [7, 11) is 0. The Morgan fingerprint density at radius 3 is 1.52 bits per heavy atom. The minimum atomic E-state index is -1.97. The van der Waals surface area contributed by atoms with E-state index in [0.29, 0.717) is 19.3 Å². The van der Waals surface area contributed by atoms with Crippen molar-refractivity contribution >= 4 is 5.91 Å². The van der Waals surface area contributed by atoms with Gasteiger partial charge in [0, 0.05) is 6.42 Å². The molecule has 0 aromatic rings. The highest BCUT2D eigenvalue weighted by Crippen LogP contribution is 2.33. The summed E-state index contributed by atoms with van der Waals surface area (Å²) in [5.41, 5.74) is 0. The van der Waals surface area contributed by atoms with Crippen molar-refractivity contribution in [3.8, 4) is 0 Å². The molecule has 0 spiro atoms. The van der Waals surface area contributed by atoms with E-state index in [1.165, 1.54) is 19.3 Å². The Hall–Kier alpha value is -1.99. The van der Waals surface area contributed by atoms with E-state index in [9.17, 15) is 61.0 Å². The SMILES string of the molecule is CCCCC/C=C\C/C=C\C/C=C\CCCCCCCCC(=O)NC(COC1OC(CO)C(OC2OC(CO)C(OC3OC(CO)C(O)C(O)C3O)C(O)C2O)C(O)C1O)C(O)CCCCCCC. The molecule has 17 unspecified atom stereocenters. The molecule has 0 bridgehead atoms. The number of carbonyl (C=O) groups excluding carboxylic acids is 1. The molecule has 17 atom stereocenters. The van der Waals surface area contributed by atoms with Crippen LogP contribution in [0.3, 0.4) is 0 Å². The fourth-order valence-electron chi connectivity index (χ4n) is 8.61. The molecule has 3 aliphatic heterocycles. The standard InChI is InChI=1S/C50H89NO18/c1-3-5-7-9-10-11-12-13-14-15-16-17-18-19-20-21-22-24-26-28-38(56)51-33(34(55)27-25-23-8-6-4-2)32-64-48-44(62)41(59)46(36(30-53)66-48)69-50-45(63)42(60)47(37(31-54)67-50)68-49-43(61)40(58)39(57)35(29-52)65-49/h10-11,13-14,16-17,33-37,39-50,52-55,57-63H,3-9,12,15,18-32H2,1-2H3,(H,51,56)/b11-10-,14-13-,17-16-. The van der Waals surface area contributed by atoms with Gasteiger partial charge in [-0.1, -0.05) is 121 Å². The van der Waals surface area contributed by atoms with E-state index in [1.807, 2.05) is 0 Å². The second kappa shape index (κ2) is 35.2. The molecule has 3 rings (SSSR count). The molecule has 12 N–H and O–H groups in total. The second-order valence-corrected chi connectivity index (χ2v) is 18.6. The van der Waals surface area contributed by atoms with E-state index in [4.69, 9.17) is 28.4 Å². The number of allylic oxidation sites excluding steroid dienone is 6. The normalized spacial score (nSPS) is 33.1. The summed E-state index contributed by atoms with van der Waals surface area (Å²) in [6.45, 7) is 1.60. The van der Waals surface area contributed by atoms with Crippen LogP contribution in [0.4, 0.5) is 0 Å². The summed E-state index contributed by atoms with van der Waals surface area (Å²) in [6.07, 6.45) is 6.00. The molecule has 19 nitrogen and oxygen atoms in total. The van der Waals surface area contributed by atoms with Gasteiger partial charge in [-0.15, -0.1) is 0 Å². The second-order valence-electron chi connectivity index (χ2n) is 18.6. The predicted octanol–water partition coefficient (Wildman–Crippen LogP) is 1.81. The summed E-state index contributed by atoms with van der Waals surface area (Å²) in [6, 6.07) is -0.889. The summed E-state index contributed by atoms with van der Waals surface area (Å²) in [4.78, 5) is 13.1. The minimum Gasteiger partial charge on any atom is -0.394 e. The van der Waals surface area contributed by atoms with E-state index >= 15 is 0 Å². The first kappa shape index (κ1) is 61.3. The molecule has 0 aliphatic carbocycles. The number of aliphatic hydroxyl groups is 11. The number of nitrogens with one attached hydrogen (secondary N) is 1.